The molecule has 0 aromatic heterocycles. The van der Waals surface area contributed by atoms with Crippen LogP contribution in [0.15, 0.2) is 29.2 Å². The molecule has 1 aliphatic rings. The zero-order valence-corrected chi connectivity index (χ0v) is 14.7. The molecule has 3 N–H and O–H groups in total. The summed E-state index contributed by atoms with van der Waals surface area (Å²) in [6, 6.07) is 5.73. The molecular formula is C16H25N3O3S. The number of carbonyl (C=O) groups is 1. The summed E-state index contributed by atoms with van der Waals surface area (Å²) in [6.45, 7) is 7.20. The van der Waals surface area contributed by atoms with Crippen molar-refractivity contribution in [2.45, 2.75) is 38.1 Å². The number of nitrogens with one attached hydrogen (secondary N) is 1. The third-order valence-electron chi connectivity index (χ3n) is 4.40. The summed E-state index contributed by atoms with van der Waals surface area (Å²) in [7, 11) is -3.71. The summed E-state index contributed by atoms with van der Waals surface area (Å²) >= 11 is 0. The minimum Gasteiger partial charge on any atom is -0.341 e. The number of carbonyl (C=O) groups excluding carboxylic acids is 1. The second-order valence-corrected chi connectivity index (χ2v) is 8.39. The minimum atomic E-state index is -3.71. The summed E-state index contributed by atoms with van der Waals surface area (Å²) in [5.41, 5.74) is 6.65. The maximum absolute atomic E-state index is 12.5. The van der Waals surface area contributed by atoms with E-state index in [1.807, 2.05) is 13.8 Å². The normalized spacial score (nSPS) is 23.0. The molecule has 6 nitrogen and oxygen atoms in total. The zero-order chi connectivity index (χ0) is 17.3. The van der Waals surface area contributed by atoms with Gasteiger partial charge in [0.2, 0.25) is 15.9 Å². The highest BCUT2D eigenvalue weighted by atomic mass is 32.2. The van der Waals surface area contributed by atoms with Gasteiger partial charge >= 0.3 is 0 Å². The Hall–Kier alpha value is -1.44. The van der Waals surface area contributed by atoms with Crippen LogP contribution in [0.2, 0.25) is 0 Å². The topological polar surface area (TPSA) is 92.5 Å². The molecule has 0 saturated carbocycles. The summed E-state index contributed by atoms with van der Waals surface area (Å²) < 4.78 is 27.2. The molecule has 2 unspecified atom stereocenters. The van der Waals surface area contributed by atoms with Crippen molar-refractivity contribution in [1.29, 1.82) is 0 Å². The predicted octanol–water partition coefficient (Wildman–Crippen LogP) is 0.859. The second kappa shape index (κ2) is 6.59. The number of benzene rings is 1. The van der Waals surface area contributed by atoms with Gasteiger partial charge in [0.1, 0.15) is 0 Å². The lowest BCUT2D eigenvalue weighted by Gasteiger charge is -2.25. The van der Waals surface area contributed by atoms with Crippen molar-refractivity contribution in [2.75, 3.05) is 19.6 Å². The third-order valence-corrected chi connectivity index (χ3v) is 5.95. The van der Waals surface area contributed by atoms with E-state index in [9.17, 15) is 13.2 Å². The predicted molar refractivity (Wildman–Crippen MR) is 89.3 cm³/mol. The van der Waals surface area contributed by atoms with Crippen molar-refractivity contribution in [2.24, 2.45) is 11.1 Å². The molecule has 1 amide bonds. The van der Waals surface area contributed by atoms with Gasteiger partial charge in [0.25, 0.3) is 0 Å². The largest absolute Gasteiger partial charge is 0.341 e. The van der Waals surface area contributed by atoms with Crippen LogP contribution in [0.5, 0.6) is 0 Å². The molecule has 0 radical (unpaired) electrons. The fourth-order valence-corrected chi connectivity index (χ4v) is 3.92. The Morgan fingerprint density at radius 1 is 1.39 bits per heavy atom. The van der Waals surface area contributed by atoms with Crippen LogP contribution >= 0.6 is 0 Å². The van der Waals surface area contributed by atoms with E-state index in [0.717, 1.165) is 12.0 Å². The zero-order valence-electron chi connectivity index (χ0n) is 13.9. The Bertz CT molecular complexity index is 672. The lowest BCUT2D eigenvalue weighted by atomic mass is 9.90. The molecule has 2 atom stereocenters. The van der Waals surface area contributed by atoms with Gasteiger partial charge in [-0.05, 0) is 44.4 Å². The number of nitrogens with zero attached hydrogens (tertiary/aromatic N) is 1. The maximum atomic E-state index is 12.5. The first-order chi connectivity index (χ1) is 10.7. The molecule has 23 heavy (non-hydrogen) atoms. The smallest absolute Gasteiger partial charge is 0.241 e. The van der Waals surface area contributed by atoms with E-state index >= 15 is 0 Å². The average Bonchev–Trinajstić information content (AvgIpc) is 2.89. The molecule has 1 aromatic carbocycles. The van der Waals surface area contributed by atoms with E-state index in [4.69, 9.17) is 5.73 Å². The molecule has 128 valence electrons. The molecule has 0 bridgehead atoms. The van der Waals surface area contributed by atoms with Gasteiger partial charge in [-0.1, -0.05) is 24.6 Å². The van der Waals surface area contributed by atoms with E-state index in [-0.39, 0.29) is 16.2 Å². The molecule has 1 aliphatic heterocycles. The minimum absolute atomic E-state index is 0.0782. The first-order valence-electron chi connectivity index (χ1n) is 7.75. The molecule has 7 heteroatoms. The van der Waals surface area contributed by atoms with E-state index in [1.165, 1.54) is 12.1 Å². The Labute approximate surface area is 138 Å². The van der Waals surface area contributed by atoms with Gasteiger partial charge in [0.15, 0.2) is 0 Å². The van der Waals surface area contributed by atoms with Gasteiger partial charge in [0, 0.05) is 13.1 Å². The number of amides is 1. The molecule has 1 heterocycles. The quantitative estimate of drug-likeness (QED) is 0.832. The molecule has 1 aromatic rings. The lowest BCUT2D eigenvalue weighted by Crippen LogP contribution is -2.46. The summed E-state index contributed by atoms with van der Waals surface area (Å²) in [6.07, 6.45) is 0.840. The highest BCUT2D eigenvalue weighted by Gasteiger charge is 2.37. The van der Waals surface area contributed by atoms with Crippen LogP contribution in [0.1, 0.15) is 25.8 Å². The van der Waals surface area contributed by atoms with Crippen molar-refractivity contribution >= 4 is 15.9 Å². The number of rotatable bonds is 5. The van der Waals surface area contributed by atoms with Crippen LogP contribution < -0.4 is 10.5 Å². The van der Waals surface area contributed by atoms with Crippen LogP contribution in [-0.2, 0) is 14.8 Å². The average molecular weight is 339 g/mol. The van der Waals surface area contributed by atoms with Crippen LogP contribution in [-0.4, -0.2) is 44.9 Å². The molecule has 0 aliphatic carbocycles. The van der Waals surface area contributed by atoms with Gasteiger partial charge in [-0.3, -0.25) is 4.79 Å². The highest BCUT2D eigenvalue weighted by Crippen LogP contribution is 2.28. The maximum Gasteiger partial charge on any atom is 0.241 e. The fourth-order valence-electron chi connectivity index (χ4n) is 2.72. The first kappa shape index (κ1) is 17.9. The lowest BCUT2D eigenvalue weighted by molar-refractivity contribution is -0.131. The monoisotopic (exact) mass is 339 g/mol. The Kier molecular flexibility index (Phi) is 5.13. The summed E-state index contributed by atoms with van der Waals surface area (Å²) in [4.78, 5) is 14.3. The molecular weight excluding hydrogens is 314 g/mol. The molecule has 2 rings (SSSR count). The summed E-state index contributed by atoms with van der Waals surface area (Å²) in [5.74, 6) is -0.210. The standard InChI is InChI=1S/C16H25N3O3S/c1-12-4-6-14(7-5-12)23(21,22)18-13(2)15(20)19-9-8-16(3,10-17)11-19/h4-7,13,18H,8-11,17H2,1-3H3. The van der Waals surface area contributed by atoms with E-state index in [0.29, 0.717) is 19.6 Å². The second-order valence-electron chi connectivity index (χ2n) is 6.68. The van der Waals surface area contributed by atoms with Crippen LogP contribution in [0, 0.1) is 12.3 Å². The number of hydrogen-bond donors (Lipinski definition) is 2. The highest BCUT2D eigenvalue weighted by molar-refractivity contribution is 7.89. The van der Waals surface area contributed by atoms with Crippen LogP contribution in [0.3, 0.4) is 0 Å². The van der Waals surface area contributed by atoms with E-state index in [1.54, 1.807) is 24.0 Å². The van der Waals surface area contributed by atoms with Crippen molar-refractivity contribution in [3.8, 4) is 0 Å². The van der Waals surface area contributed by atoms with Gasteiger partial charge in [0.05, 0.1) is 10.9 Å². The van der Waals surface area contributed by atoms with Crippen molar-refractivity contribution < 1.29 is 13.2 Å². The molecule has 1 saturated heterocycles. The Morgan fingerprint density at radius 2 is 2.00 bits per heavy atom. The third kappa shape index (κ3) is 4.10. The number of aryl methyl sites for hydroxylation is 1. The van der Waals surface area contributed by atoms with Crippen molar-refractivity contribution in [3.05, 3.63) is 29.8 Å². The summed E-state index contributed by atoms with van der Waals surface area (Å²) in [5, 5.41) is 0. The Balaban J connectivity index is 2.05. The first-order valence-corrected chi connectivity index (χ1v) is 9.23. The number of sulfonamides is 1. The fraction of sp³-hybridized carbons (Fsp3) is 0.562. The number of hydrogen-bond acceptors (Lipinski definition) is 4. The van der Waals surface area contributed by atoms with Gasteiger partial charge in [-0.15, -0.1) is 0 Å². The van der Waals surface area contributed by atoms with Crippen molar-refractivity contribution in [1.82, 2.24) is 9.62 Å². The molecule has 1 fully saturated rings. The van der Waals surface area contributed by atoms with E-state index < -0.39 is 16.1 Å². The number of likely N-dealkylation sites (tertiary alicyclic amines) is 1. The van der Waals surface area contributed by atoms with Gasteiger partial charge < -0.3 is 10.6 Å². The van der Waals surface area contributed by atoms with E-state index in [2.05, 4.69) is 4.72 Å². The number of nitrogens with two attached hydrogens (primary N) is 1. The Morgan fingerprint density at radius 3 is 2.52 bits per heavy atom. The van der Waals surface area contributed by atoms with Crippen LogP contribution in [0.25, 0.3) is 0 Å². The SMILES string of the molecule is Cc1ccc(S(=O)(=O)NC(C)C(=O)N2CCC(C)(CN)C2)cc1. The van der Waals surface area contributed by atoms with Crippen LogP contribution in [0.4, 0.5) is 0 Å². The van der Waals surface area contributed by atoms with Gasteiger partial charge in [-0.2, -0.15) is 4.72 Å². The van der Waals surface area contributed by atoms with Crippen molar-refractivity contribution in [3.63, 3.8) is 0 Å². The van der Waals surface area contributed by atoms with Gasteiger partial charge in [-0.25, -0.2) is 8.42 Å². The molecule has 0 spiro atoms.